The maximum atomic E-state index is 13.7. The summed E-state index contributed by atoms with van der Waals surface area (Å²) >= 11 is 0. The van der Waals surface area contributed by atoms with E-state index in [0.717, 1.165) is 17.7 Å². The Bertz CT molecular complexity index is 1190. The summed E-state index contributed by atoms with van der Waals surface area (Å²) in [4.78, 5) is 40.0. The van der Waals surface area contributed by atoms with Crippen LogP contribution in [-0.2, 0) is 36.9 Å². The monoisotopic (exact) mass is 510 g/mol. The number of rotatable bonds is 11. The molecule has 0 saturated carbocycles. The highest BCUT2D eigenvalue weighted by molar-refractivity contribution is 6.02. The van der Waals surface area contributed by atoms with Crippen molar-refractivity contribution in [1.29, 1.82) is 0 Å². The number of para-hydroxylation sites is 1. The topological polar surface area (TPSA) is 84.9 Å². The molecule has 3 rings (SSSR count). The van der Waals surface area contributed by atoms with Gasteiger partial charge >= 0.3 is 5.97 Å². The molecule has 0 radical (unpaired) electrons. The van der Waals surface area contributed by atoms with Crippen LogP contribution in [-0.4, -0.2) is 43.6 Å². The summed E-state index contributed by atoms with van der Waals surface area (Å²) in [5.74, 6) is -3.55. The predicted molar refractivity (Wildman–Crippen MR) is 133 cm³/mol. The number of hydrogen-bond donors (Lipinski definition) is 1. The molecule has 7 nitrogen and oxygen atoms in total. The standard InChI is InChI=1S/C28H28F2N2O5/c1-19(37-18-20-9-5-3-6-10-20)27(31-25(33)15-21-13-22(29)16-23(30)14-21)28(35)32(17-26(34)36-2)24-11-7-4-8-12-24/h3-14,16,19,27H,15,17-18H2,1-2H3,(H,31,33)/t19-,27+/m1/s1. The lowest BCUT2D eigenvalue weighted by atomic mass is 10.1. The second kappa shape index (κ2) is 13.3. The minimum atomic E-state index is -1.22. The van der Waals surface area contributed by atoms with Crippen molar-refractivity contribution in [2.45, 2.75) is 32.1 Å². The molecule has 0 saturated heterocycles. The molecule has 0 fully saturated rings. The Balaban J connectivity index is 1.86. The van der Waals surface area contributed by atoms with Gasteiger partial charge in [-0.05, 0) is 42.3 Å². The highest BCUT2D eigenvalue weighted by Gasteiger charge is 2.33. The van der Waals surface area contributed by atoms with E-state index in [4.69, 9.17) is 9.47 Å². The summed E-state index contributed by atoms with van der Waals surface area (Å²) < 4.78 is 37.9. The molecule has 2 atom stereocenters. The van der Waals surface area contributed by atoms with E-state index in [9.17, 15) is 23.2 Å². The Labute approximate surface area is 214 Å². The largest absolute Gasteiger partial charge is 0.468 e. The van der Waals surface area contributed by atoms with E-state index in [-0.39, 0.29) is 18.6 Å². The number of esters is 1. The van der Waals surface area contributed by atoms with E-state index >= 15 is 0 Å². The minimum absolute atomic E-state index is 0.105. The number of anilines is 1. The van der Waals surface area contributed by atoms with Crippen LogP contribution in [0.25, 0.3) is 0 Å². The van der Waals surface area contributed by atoms with Gasteiger partial charge in [0, 0.05) is 11.8 Å². The van der Waals surface area contributed by atoms with Crippen LogP contribution < -0.4 is 10.2 Å². The molecule has 0 heterocycles. The van der Waals surface area contributed by atoms with Crippen molar-refractivity contribution in [1.82, 2.24) is 5.32 Å². The molecule has 0 unspecified atom stereocenters. The average Bonchev–Trinajstić information content (AvgIpc) is 2.89. The smallest absolute Gasteiger partial charge is 0.325 e. The van der Waals surface area contributed by atoms with E-state index in [0.29, 0.717) is 11.8 Å². The molecule has 1 N–H and O–H groups in total. The zero-order valence-corrected chi connectivity index (χ0v) is 20.5. The van der Waals surface area contributed by atoms with Crippen molar-refractivity contribution in [2.75, 3.05) is 18.6 Å². The van der Waals surface area contributed by atoms with Crippen LogP contribution in [0.3, 0.4) is 0 Å². The highest BCUT2D eigenvalue weighted by Crippen LogP contribution is 2.18. The molecule has 0 aromatic heterocycles. The molecule has 0 aliphatic heterocycles. The van der Waals surface area contributed by atoms with Crippen molar-refractivity contribution in [3.63, 3.8) is 0 Å². The van der Waals surface area contributed by atoms with Gasteiger partial charge in [-0.25, -0.2) is 8.78 Å². The number of amides is 2. The lowest BCUT2D eigenvalue weighted by Gasteiger charge is -2.30. The summed E-state index contributed by atoms with van der Waals surface area (Å²) in [6.07, 6.45) is -1.20. The van der Waals surface area contributed by atoms with Crippen LogP contribution in [0, 0.1) is 11.6 Å². The van der Waals surface area contributed by atoms with Crippen LogP contribution in [0.2, 0.25) is 0 Å². The molecule has 37 heavy (non-hydrogen) atoms. The Kier molecular flexibility index (Phi) is 9.85. The molecule has 3 aromatic carbocycles. The lowest BCUT2D eigenvalue weighted by Crippen LogP contribution is -2.55. The van der Waals surface area contributed by atoms with Gasteiger partial charge in [0.15, 0.2) is 0 Å². The maximum absolute atomic E-state index is 13.7. The molecular weight excluding hydrogens is 482 g/mol. The third kappa shape index (κ3) is 8.22. The zero-order chi connectivity index (χ0) is 26.8. The minimum Gasteiger partial charge on any atom is -0.468 e. The van der Waals surface area contributed by atoms with Gasteiger partial charge in [-0.2, -0.15) is 0 Å². The number of carbonyl (C=O) groups excluding carboxylic acids is 3. The zero-order valence-electron chi connectivity index (χ0n) is 20.5. The van der Waals surface area contributed by atoms with Gasteiger partial charge in [-0.15, -0.1) is 0 Å². The number of halogens is 2. The van der Waals surface area contributed by atoms with E-state index in [1.165, 1.54) is 12.0 Å². The molecule has 2 amide bonds. The van der Waals surface area contributed by atoms with E-state index < -0.39 is 48.1 Å². The summed E-state index contributed by atoms with van der Waals surface area (Å²) in [6.45, 7) is 1.39. The second-order valence-electron chi connectivity index (χ2n) is 8.34. The first kappa shape index (κ1) is 27.5. The van der Waals surface area contributed by atoms with Crippen LogP contribution >= 0.6 is 0 Å². The van der Waals surface area contributed by atoms with Crippen molar-refractivity contribution in [2.24, 2.45) is 0 Å². The Morgan fingerprint density at radius 1 is 0.892 bits per heavy atom. The first-order valence-corrected chi connectivity index (χ1v) is 11.6. The molecule has 0 bridgehead atoms. The molecule has 9 heteroatoms. The van der Waals surface area contributed by atoms with E-state index in [2.05, 4.69) is 5.32 Å². The van der Waals surface area contributed by atoms with Crippen LogP contribution in [0.1, 0.15) is 18.1 Å². The van der Waals surface area contributed by atoms with Gasteiger partial charge in [0.05, 0.1) is 26.2 Å². The number of benzene rings is 3. The summed E-state index contributed by atoms with van der Waals surface area (Å²) in [6, 6.07) is 19.3. The summed E-state index contributed by atoms with van der Waals surface area (Å²) in [5.41, 5.74) is 1.38. The van der Waals surface area contributed by atoms with Gasteiger partial charge in [-0.3, -0.25) is 19.3 Å². The maximum Gasteiger partial charge on any atom is 0.325 e. The van der Waals surface area contributed by atoms with Gasteiger partial charge in [0.1, 0.15) is 24.2 Å². The van der Waals surface area contributed by atoms with Crippen molar-refractivity contribution >= 4 is 23.5 Å². The highest BCUT2D eigenvalue weighted by atomic mass is 19.1. The third-order valence-electron chi connectivity index (χ3n) is 5.54. The molecule has 0 aliphatic rings. The molecule has 0 spiro atoms. The number of ether oxygens (including phenoxy) is 2. The first-order chi connectivity index (χ1) is 17.8. The lowest BCUT2D eigenvalue weighted by molar-refractivity contribution is -0.140. The fourth-order valence-corrected chi connectivity index (χ4v) is 3.67. The average molecular weight is 511 g/mol. The quantitative estimate of drug-likeness (QED) is 0.397. The van der Waals surface area contributed by atoms with Crippen molar-refractivity contribution in [3.8, 4) is 0 Å². The van der Waals surface area contributed by atoms with E-state index in [1.807, 2.05) is 30.3 Å². The van der Waals surface area contributed by atoms with Crippen LogP contribution in [0.4, 0.5) is 14.5 Å². The van der Waals surface area contributed by atoms with Gasteiger partial charge in [0.2, 0.25) is 5.91 Å². The Morgan fingerprint density at radius 3 is 2.08 bits per heavy atom. The fraction of sp³-hybridized carbons (Fsp3) is 0.250. The fourth-order valence-electron chi connectivity index (χ4n) is 3.67. The number of methoxy groups -OCH3 is 1. The molecule has 0 aliphatic carbocycles. The third-order valence-corrected chi connectivity index (χ3v) is 5.54. The Hall–Kier alpha value is -4.11. The number of hydrogen-bond acceptors (Lipinski definition) is 5. The molecule has 3 aromatic rings. The molecule has 194 valence electrons. The van der Waals surface area contributed by atoms with Gasteiger partial charge in [0.25, 0.3) is 5.91 Å². The van der Waals surface area contributed by atoms with Crippen LogP contribution in [0.5, 0.6) is 0 Å². The number of nitrogens with one attached hydrogen (secondary N) is 1. The van der Waals surface area contributed by atoms with Crippen molar-refractivity contribution < 1.29 is 32.6 Å². The van der Waals surface area contributed by atoms with E-state index in [1.54, 1.807) is 37.3 Å². The van der Waals surface area contributed by atoms with Crippen molar-refractivity contribution in [3.05, 3.63) is 102 Å². The summed E-state index contributed by atoms with van der Waals surface area (Å²) in [7, 11) is 1.21. The predicted octanol–water partition coefficient (Wildman–Crippen LogP) is 3.80. The van der Waals surface area contributed by atoms with Gasteiger partial charge in [-0.1, -0.05) is 48.5 Å². The number of nitrogens with zero attached hydrogens (tertiary/aromatic N) is 1. The number of carbonyl (C=O) groups is 3. The first-order valence-electron chi connectivity index (χ1n) is 11.6. The van der Waals surface area contributed by atoms with Gasteiger partial charge < -0.3 is 14.8 Å². The normalized spacial score (nSPS) is 12.3. The SMILES string of the molecule is COC(=O)CN(C(=O)[C@@H](NC(=O)Cc1cc(F)cc(F)c1)[C@@H](C)OCc1ccccc1)c1ccccc1. The van der Waals surface area contributed by atoms with Crippen LogP contribution in [0.15, 0.2) is 78.9 Å². The molecular formula is C28H28F2N2O5. The second-order valence-corrected chi connectivity index (χ2v) is 8.34. The summed E-state index contributed by atoms with van der Waals surface area (Å²) in [5, 5.41) is 2.63. The Morgan fingerprint density at radius 2 is 1.49 bits per heavy atom.